The lowest BCUT2D eigenvalue weighted by Crippen LogP contribution is -2.10. The predicted octanol–water partition coefficient (Wildman–Crippen LogP) is 5.08. The van der Waals surface area contributed by atoms with Gasteiger partial charge in [0.05, 0.1) is 5.02 Å². The van der Waals surface area contributed by atoms with Crippen molar-refractivity contribution >= 4 is 27.5 Å². The molecular formula is C13H17BrClF. The van der Waals surface area contributed by atoms with Gasteiger partial charge in [-0.3, -0.25) is 0 Å². The van der Waals surface area contributed by atoms with Gasteiger partial charge in [0, 0.05) is 5.33 Å². The first-order valence-electron chi connectivity index (χ1n) is 5.53. The van der Waals surface area contributed by atoms with Crippen LogP contribution < -0.4 is 0 Å². The summed E-state index contributed by atoms with van der Waals surface area (Å²) >= 11 is 9.25. The molecule has 1 unspecified atom stereocenters. The first kappa shape index (κ1) is 14.0. The van der Waals surface area contributed by atoms with Gasteiger partial charge in [-0.2, -0.15) is 0 Å². The fourth-order valence-corrected chi connectivity index (χ4v) is 2.57. The third-order valence-electron chi connectivity index (χ3n) is 2.56. The molecule has 3 heteroatoms. The molecule has 0 saturated heterocycles. The maximum Gasteiger partial charge on any atom is 0.144 e. The summed E-state index contributed by atoms with van der Waals surface area (Å²) in [5, 5.41) is 1.12. The second kappa shape index (κ2) is 6.61. The molecule has 1 atom stereocenters. The Bertz CT molecular complexity index is 339. The molecule has 1 rings (SSSR count). The number of alkyl halides is 1. The van der Waals surface area contributed by atoms with Crippen molar-refractivity contribution in [2.45, 2.75) is 26.7 Å². The summed E-state index contributed by atoms with van der Waals surface area (Å²) < 4.78 is 13.7. The molecule has 0 heterocycles. The van der Waals surface area contributed by atoms with Crippen LogP contribution in [0.5, 0.6) is 0 Å². The fraction of sp³-hybridized carbons (Fsp3) is 0.538. The minimum atomic E-state index is -0.265. The topological polar surface area (TPSA) is 0 Å². The van der Waals surface area contributed by atoms with E-state index < -0.39 is 0 Å². The third kappa shape index (κ3) is 4.06. The largest absolute Gasteiger partial charge is 0.205 e. The van der Waals surface area contributed by atoms with Crippen molar-refractivity contribution < 1.29 is 4.39 Å². The SMILES string of the molecule is CC(C)CC(CBr)Cc1cccc(Cl)c1F. The van der Waals surface area contributed by atoms with Crippen molar-refractivity contribution in [1.29, 1.82) is 0 Å². The van der Waals surface area contributed by atoms with Crippen LogP contribution in [0, 0.1) is 17.7 Å². The summed E-state index contributed by atoms with van der Waals surface area (Å²) in [5.74, 6) is 0.830. The molecular weight excluding hydrogens is 290 g/mol. The van der Waals surface area contributed by atoms with Gasteiger partial charge >= 0.3 is 0 Å². The second-order valence-corrected chi connectivity index (χ2v) is 5.62. The van der Waals surface area contributed by atoms with Gasteiger partial charge in [-0.25, -0.2) is 4.39 Å². The first-order valence-corrected chi connectivity index (χ1v) is 7.03. The average molecular weight is 308 g/mol. The molecule has 0 amide bonds. The Morgan fingerprint density at radius 3 is 2.62 bits per heavy atom. The lowest BCUT2D eigenvalue weighted by atomic mass is 9.92. The van der Waals surface area contributed by atoms with Crippen molar-refractivity contribution in [1.82, 2.24) is 0 Å². The van der Waals surface area contributed by atoms with Gasteiger partial charge < -0.3 is 0 Å². The fourth-order valence-electron chi connectivity index (χ4n) is 1.88. The first-order chi connectivity index (χ1) is 7.54. The van der Waals surface area contributed by atoms with Gasteiger partial charge in [0.2, 0.25) is 0 Å². The van der Waals surface area contributed by atoms with Gasteiger partial charge in [0.25, 0.3) is 0 Å². The van der Waals surface area contributed by atoms with Crippen LogP contribution in [-0.4, -0.2) is 5.33 Å². The minimum Gasteiger partial charge on any atom is -0.205 e. The zero-order chi connectivity index (χ0) is 12.1. The lowest BCUT2D eigenvalue weighted by molar-refractivity contribution is 0.438. The number of benzene rings is 1. The Morgan fingerprint density at radius 2 is 2.06 bits per heavy atom. The molecule has 0 radical (unpaired) electrons. The molecule has 0 aromatic heterocycles. The minimum absolute atomic E-state index is 0.218. The molecule has 90 valence electrons. The Kier molecular flexibility index (Phi) is 5.77. The number of hydrogen-bond acceptors (Lipinski definition) is 0. The molecule has 0 aliphatic rings. The summed E-state index contributed by atoms with van der Waals surface area (Å²) in [5.41, 5.74) is 0.720. The molecule has 0 saturated carbocycles. The van der Waals surface area contributed by atoms with Crippen LogP contribution in [0.4, 0.5) is 4.39 Å². The van der Waals surface area contributed by atoms with Crippen LogP contribution in [0.1, 0.15) is 25.8 Å². The van der Waals surface area contributed by atoms with Gasteiger partial charge in [-0.1, -0.05) is 53.5 Å². The van der Waals surface area contributed by atoms with E-state index in [0.29, 0.717) is 11.8 Å². The molecule has 0 aliphatic carbocycles. The number of hydrogen-bond donors (Lipinski definition) is 0. The standard InChI is InChI=1S/C13H17BrClF/c1-9(2)6-10(8-14)7-11-4-3-5-12(15)13(11)16/h3-5,9-10H,6-8H2,1-2H3. The maximum absolute atomic E-state index is 13.7. The molecule has 0 bridgehead atoms. The zero-order valence-corrected chi connectivity index (χ0v) is 12.0. The molecule has 0 nitrogen and oxygen atoms in total. The summed E-state index contributed by atoms with van der Waals surface area (Å²) in [6, 6.07) is 5.21. The molecule has 0 spiro atoms. The van der Waals surface area contributed by atoms with Crippen LogP contribution in [-0.2, 0) is 6.42 Å². The van der Waals surface area contributed by atoms with Crippen LogP contribution >= 0.6 is 27.5 Å². The summed E-state index contributed by atoms with van der Waals surface area (Å²) in [6.45, 7) is 4.37. The Balaban J connectivity index is 2.74. The average Bonchev–Trinajstić information content (AvgIpc) is 2.23. The van der Waals surface area contributed by atoms with E-state index in [1.54, 1.807) is 12.1 Å². The molecule has 0 fully saturated rings. The van der Waals surface area contributed by atoms with Crippen LogP contribution in [0.25, 0.3) is 0 Å². The maximum atomic E-state index is 13.7. The molecule has 0 aliphatic heterocycles. The highest BCUT2D eigenvalue weighted by molar-refractivity contribution is 9.09. The van der Waals surface area contributed by atoms with Gasteiger partial charge in [0.1, 0.15) is 5.82 Å². The summed E-state index contributed by atoms with van der Waals surface area (Å²) in [7, 11) is 0. The van der Waals surface area contributed by atoms with Crippen molar-refractivity contribution in [3.05, 3.63) is 34.6 Å². The van der Waals surface area contributed by atoms with Crippen molar-refractivity contribution in [3.63, 3.8) is 0 Å². The van der Waals surface area contributed by atoms with Gasteiger partial charge in [-0.05, 0) is 36.3 Å². The van der Waals surface area contributed by atoms with E-state index in [1.807, 2.05) is 6.07 Å². The smallest absolute Gasteiger partial charge is 0.144 e. The van der Waals surface area contributed by atoms with Crippen LogP contribution in [0.2, 0.25) is 5.02 Å². The quantitative estimate of drug-likeness (QED) is 0.666. The summed E-state index contributed by atoms with van der Waals surface area (Å²) in [6.07, 6.45) is 1.84. The van der Waals surface area contributed by atoms with E-state index in [9.17, 15) is 4.39 Å². The van der Waals surface area contributed by atoms with Gasteiger partial charge in [-0.15, -0.1) is 0 Å². The predicted molar refractivity (Wildman–Crippen MR) is 71.9 cm³/mol. The van der Waals surface area contributed by atoms with Crippen molar-refractivity contribution in [3.8, 4) is 0 Å². The van der Waals surface area contributed by atoms with Crippen molar-refractivity contribution in [2.75, 3.05) is 5.33 Å². The van der Waals surface area contributed by atoms with Gasteiger partial charge in [0.15, 0.2) is 0 Å². The van der Waals surface area contributed by atoms with E-state index in [-0.39, 0.29) is 10.8 Å². The van der Waals surface area contributed by atoms with Crippen molar-refractivity contribution in [2.24, 2.45) is 11.8 Å². The molecule has 0 N–H and O–H groups in total. The Labute approximate surface area is 110 Å². The van der Waals surface area contributed by atoms with E-state index in [4.69, 9.17) is 11.6 Å². The third-order valence-corrected chi connectivity index (χ3v) is 3.77. The highest BCUT2D eigenvalue weighted by Gasteiger charge is 2.14. The number of rotatable bonds is 5. The Hall–Kier alpha value is -0.0800. The van der Waals surface area contributed by atoms with E-state index >= 15 is 0 Å². The lowest BCUT2D eigenvalue weighted by Gasteiger charge is -2.17. The highest BCUT2D eigenvalue weighted by atomic mass is 79.9. The zero-order valence-electron chi connectivity index (χ0n) is 9.64. The summed E-state index contributed by atoms with van der Waals surface area (Å²) in [4.78, 5) is 0. The Morgan fingerprint density at radius 1 is 1.38 bits per heavy atom. The normalized spacial score (nSPS) is 13.1. The second-order valence-electron chi connectivity index (χ2n) is 4.57. The van der Waals surface area contributed by atoms with E-state index in [2.05, 4.69) is 29.8 Å². The molecule has 1 aromatic rings. The molecule has 1 aromatic carbocycles. The highest BCUT2D eigenvalue weighted by Crippen LogP contribution is 2.24. The van der Waals surface area contributed by atoms with Crippen LogP contribution in [0.3, 0.4) is 0 Å². The molecule has 16 heavy (non-hydrogen) atoms. The van der Waals surface area contributed by atoms with Crippen LogP contribution in [0.15, 0.2) is 18.2 Å². The van der Waals surface area contributed by atoms with E-state index in [1.165, 1.54) is 0 Å². The monoisotopic (exact) mass is 306 g/mol. The number of halogens is 3. The van der Waals surface area contributed by atoms with E-state index in [0.717, 1.165) is 23.7 Å².